The van der Waals surface area contributed by atoms with Gasteiger partial charge in [0.1, 0.15) is 24.0 Å². The number of nitrogens with zero attached hydrogens (tertiary/aromatic N) is 2. The molecule has 1 N–H and O–H groups in total. The lowest BCUT2D eigenvalue weighted by Gasteiger charge is -2.13. The number of nitriles is 2. The SMILES string of the molecule is Cc1cccc(NC(=O)/C(C#N)=C/c2cc(I)c(OCc3ccccc3C#N)c(I)c2)c1C. The average molecular weight is 659 g/mol. The summed E-state index contributed by atoms with van der Waals surface area (Å²) in [5.74, 6) is 0.240. The van der Waals surface area contributed by atoms with Gasteiger partial charge in [0.05, 0.1) is 18.8 Å². The Labute approximate surface area is 220 Å². The Morgan fingerprint density at radius 3 is 2.42 bits per heavy atom. The number of carbonyl (C=O) groups is 1. The number of aryl methyl sites for hydroxylation is 1. The maximum atomic E-state index is 12.7. The third-order valence-corrected chi connectivity index (χ3v) is 6.66. The number of rotatable bonds is 6. The number of hydrogen-bond donors (Lipinski definition) is 1. The molecule has 0 saturated carbocycles. The molecule has 0 aliphatic rings. The Hall–Kier alpha value is -2.89. The largest absolute Gasteiger partial charge is 0.487 e. The lowest BCUT2D eigenvalue weighted by atomic mass is 10.1. The van der Waals surface area contributed by atoms with Crippen LogP contribution in [0.2, 0.25) is 0 Å². The van der Waals surface area contributed by atoms with Crippen LogP contribution in [-0.2, 0) is 11.4 Å². The van der Waals surface area contributed by atoms with Gasteiger partial charge in [0.2, 0.25) is 0 Å². The Balaban J connectivity index is 1.81. The predicted molar refractivity (Wildman–Crippen MR) is 146 cm³/mol. The Kier molecular flexibility index (Phi) is 8.48. The zero-order valence-corrected chi connectivity index (χ0v) is 22.3. The standard InChI is InChI=1S/C26H19I2N3O2/c1-16-6-5-9-24(17(16)2)31-26(32)21(14-30)10-18-11-22(27)25(23(28)12-18)33-15-20-8-4-3-7-19(20)13-29/h3-12H,15H2,1-2H3,(H,31,32)/b21-10+. The van der Waals surface area contributed by atoms with E-state index in [0.717, 1.165) is 29.4 Å². The van der Waals surface area contributed by atoms with Gasteiger partial charge in [0.25, 0.3) is 5.91 Å². The minimum atomic E-state index is -0.454. The lowest BCUT2D eigenvalue weighted by molar-refractivity contribution is -0.112. The van der Waals surface area contributed by atoms with Crippen LogP contribution in [0.3, 0.4) is 0 Å². The lowest BCUT2D eigenvalue weighted by Crippen LogP contribution is -2.14. The van der Waals surface area contributed by atoms with Crippen molar-refractivity contribution in [1.29, 1.82) is 10.5 Å². The smallest absolute Gasteiger partial charge is 0.266 e. The maximum Gasteiger partial charge on any atom is 0.266 e. The molecule has 0 bridgehead atoms. The van der Waals surface area contributed by atoms with Crippen molar-refractivity contribution in [1.82, 2.24) is 0 Å². The van der Waals surface area contributed by atoms with Crippen molar-refractivity contribution in [3.05, 3.63) is 95.1 Å². The van der Waals surface area contributed by atoms with E-state index in [1.54, 1.807) is 12.1 Å². The van der Waals surface area contributed by atoms with E-state index in [2.05, 4.69) is 56.6 Å². The molecule has 0 radical (unpaired) electrons. The van der Waals surface area contributed by atoms with Crippen LogP contribution < -0.4 is 10.1 Å². The fourth-order valence-corrected chi connectivity index (χ4v) is 5.22. The van der Waals surface area contributed by atoms with Crippen LogP contribution in [0.4, 0.5) is 5.69 Å². The molecule has 0 aliphatic heterocycles. The first-order valence-electron chi connectivity index (χ1n) is 9.93. The summed E-state index contributed by atoms with van der Waals surface area (Å²) in [5.41, 5.74) is 4.84. The molecule has 7 heteroatoms. The highest BCUT2D eigenvalue weighted by atomic mass is 127. The molecule has 164 valence electrons. The number of halogens is 2. The number of amides is 1. The molecule has 0 saturated heterocycles. The summed E-state index contributed by atoms with van der Waals surface area (Å²) in [5, 5.41) is 21.7. The Morgan fingerprint density at radius 2 is 1.76 bits per heavy atom. The Bertz CT molecular complexity index is 1310. The van der Waals surface area contributed by atoms with E-state index in [1.165, 1.54) is 0 Å². The maximum absolute atomic E-state index is 12.7. The third-order valence-electron chi connectivity index (χ3n) is 5.06. The third kappa shape index (κ3) is 6.12. The Morgan fingerprint density at radius 1 is 1.06 bits per heavy atom. The van der Waals surface area contributed by atoms with Crippen LogP contribution in [0.25, 0.3) is 6.08 Å². The summed E-state index contributed by atoms with van der Waals surface area (Å²) in [4.78, 5) is 12.7. The monoisotopic (exact) mass is 659 g/mol. The topological polar surface area (TPSA) is 85.9 Å². The minimum absolute atomic E-state index is 0.0131. The van der Waals surface area contributed by atoms with Crippen LogP contribution in [0, 0.1) is 43.7 Å². The highest BCUT2D eigenvalue weighted by molar-refractivity contribution is 14.1. The van der Waals surface area contributed by atoms with E-state index in [9.17, 15) is 15.3 Å². The van der Waals surface area contributed by atoms with Gasteiger partial charge < -0.3 is 10.1 Å². The molecule has 0 atom stereocenters. The minimum Gasteiger partial charge on any atom is -0.487 e. The van der Waals surface area contributed by atoms with Crippen molar-refractivity contribution in [2.24, 2.45) is 0 Å². The van der Waals surface area contributed by atoms with Crippen LogP contribution in [-0.4, -0.2) is 5.91 Å². The van der Waals surface area contributed by atoms with Gasteiger partial charge in [0.15, 0.2) is 0 Å². The van der Waals surface area contributed by atoms with Gasteiger partial charge in [-0.05, 0) is 106 Å². The van der Waals surface area contributed by atoms with Gasteiger partial charge in [-0.25, -0.2) is 0 Å². The van der Waals surface area contributed by atoms with E-state index >= 15 is 0 Å². The van der Waals surface area contributed by atoms with Gasteiger partial charge in [-0.1, -0.05) is 30.3 Å². The molecule has 0 aliphatic carbocycles. The van der Waals surface area contributed by atoms with E-state index < -0.39 is 5.91 Å². The molecule has 0 fully saturated rings. The second-order valence-electron chi connectivity index (χ2n) is 7.24. The number of carbonyl (C=O) groups excluding carboxylic acids is 1. The molecule has 3 aromatic carbocycles. The zero-order valence-electron chi connectivity index (χ0n) is 17.9. The molecule has 33 heavy (non-hydrogen) atoms. The molecule has 0 heterocycles. The van der Waals surface area contributed by atoms with E-state index in [0.29, 0.717) is 17.0 Å². The summed E-state index contributed by atoms with van der Waals surface area (Å²) < 4.78 is 7.68. The van der Waals surface area contributed by atoms with Gasteiger partial charge >= 0.3 is 0 Å². The summed E-state index contributed by atoms with van der Waals surface area (Å²) >= 11 is 4.34. The second kappa shape index (κ2) is 11.3. The van der Waals surface area contributed by atoms with Crippen LogP contribution in [0.15, 0.2) is 60.2 Å². The van der Waals surface area contributed by atoms with Crippen LogP contribution in [0.5, 0.6) is 5.75 Å². The summed E-state index contributed by atoms with van der Waals surface area (Å²) in [7, 11) is 0. The summed E-state index contributed by atoms with van der Waals surface area (Å²) in [6, 6.07) is 20.9. The van der Waals surface area contributed by atoms with Crippen molar-refractivity contribution in [2.45, 2.75) is 20.5 Å². The van der Waals surface area contributed by atoms with Crippen molar-refractivity contribution >= 4 is 62.9 Å². The number of nitrogens with one attached hydrogen (secondary N) is 1. The summed E-state index contributed by atoms with van der Waals surface area (Å²) in [6.07, 6.45) is 1.57. The highest BCUT2D eigenvalue weighted by Crippen LogP contribution is 2.31. The van der Waals surface area contributed by atoms with Crippen LogP contribution >= 0.6 is 45.2 Å². The highest BCUT2D eigenvalue weighted by Gasteiger charge is 2.14. The molecular formula is C26H19I2N3O2. The first kappa shape index (κ1) is 24.7. The van der Waals surface area contributed by atoms with Gasteiger partial charge in [-0.3, -0.25) is 4.79 Å². The van der Waals surface area contributed by atoms with Gasteiger partial charge in [-0.15, -0.1) is 0 Å². The van der Waals surface area contributed by atoms with E-state index in [4.69, 9.17) is 4.74 Å². The molecule has 0 unspecified atom stereocenters. The van der Waals surface area contributed by atoms with Crippen molar-refractivity contribution < 1.29 is 9.53 Å². The van der Waals surface area contributed by atoms with Gasteiger partial charge in [-0.2, -0.15) is 10.5 Å². The molecule has 1 amide bonds. The molecule has 0 aromatic heterocycles. The fraction of sp³-hybridized carbons (Fsp3) is 0.115. The van der Waals surface area contributed by atoms with Crippen LogP contribution in [0.1, 0.15) is 27.8 Å². The number of ether oxygens (including phenoxy) is 1. The fourth-order valence-electron chi connectivity index (χ4n) is 3.10. The quantitative estimate of drug-likeness (QED) is 0.186. The number of anilines is 1. The van der Waals surface area contributed by atoms with Crippen molar-refractivity contribution in [3.8, 4) is 17.9 Å². The molecule has 3 rings (SSSR count). The van der Waals surface area contributed by atoms with Crippen molar-refractivity contribution in [3.63, 3.8) is 0 Å². The number of benzene rings is 3. The molecular weight excluding hydrogens is 640 g/mol. The normalized spacial score (nSPS) is 10.8. The van der Waals surface area contributed by atoms with Gasteiger partial charge in [0, 0.05) is 11.3 Å². The number of hydrogen-bond acceptors (Lipinski definition) is 4. The first-order chi connectivity index (χ1) is 15.8. The molecule has 3 aromatic rings. The van der Waals surface area contributed by atoms with Crippen molar-refractivity contribution in [2.75, 3.05) is 5.32 Å². The summed E-state index contributed by atoms with van der Waals surface area (Å²) in [6.45, 7) is 4.17. The zero-order chi connectivity index (χ0) is 24.0. The van der Waals surface area contributed by atoms with E-state index in [1.807, 2.05) is 68.4 Å². The predicted octanol–water partition coefficient (Wildman–Crippen LogP) is 6.51. The van der Waals surface area contributed by atoms with E-state index in [-0.39, 0.29) is 12.2 Å². The molecule has 0 spiro atoms. The first-order valence-corrected chi connectivity index (χ1v) is 12.1. The second-order valence-corrected chi connectivity index (χ2v) is 9.57. The average Bonchev–Trinajstić information content (AvgIpc) is 2.80. The molecule has 5 nitrogen and oxygen atoms in total.